The van der Waals surface area contributed by atoms with Crippen LogP contribution in [0.1, 0.15) is 50.0 Å². The summed E-state index contributed by atoms with van der Waals surface area (Å²) in [5.41, 5.74) is 1.28. The molecule has 1 N–H and O–H groups in total. The van der Waals surface area contributed by atoms with Crippen molar-refractivity contribution in [1.82, 2.24) is 10.2 Å². The van der Waals surface area contributed by atoms with Crippen molar-refractivity contribution >= 4 is 16.7 Å². The number of hydrogen-bond donors (Lipinski definition) is 1. The number of carbonyl (C=O) groups is 1. The van der Waals surface area contributed by atoms with E-state index < -0.39 is 0 Å². The SMILES string of the molecule is CN(CCCC1OCC(c2cccc3cc(OCC4CC4)ccc23)CO1)CC(=O)NCC1CC1. The first-order valence-electron chi connectivity index (χ1n) is 13.0. The van der Waals surface area contributed by atoms with Gasteiger partial charge >= 0.3 is 0 Å². The van der Waals surface area contributed by atoms with Gasteiger partial charge in [-0.15, -0.1) is 0 Å². The summed E-state index contributed by atoms with van der Waals surface area (Å²) in [7, 11) is 2.00. The number of benzene rings is 2. The van der Waals surface area contributed by atoms with E-state index in [-0.39, 0.29) is 18.1 Å². The van der Waals surface area contributed by atoms with Crippen LogP contribution in [0.2, 0.25) is 0 Å². The second-order valence-electron chi connectivity index (χ2n) is 10.4. The zero-order valence-corrected chi connectivity index (χ0v) is 20.3. The molecule has 2 aliphatic carbocycles. The lowest BCUT2D eigenvalue weighted by Crippen LogP contribution is -2.37. The molecule has 3 aliphatic rings. The van der Waals surface area contributed by atoms with Crippen molar-refractivity contribution in [3.63, 3.8) is 0 Å². The normalized spacial score (nSPS) is 22.8. The van der Waals surface area contributed by atoms with Crippen LogP contribution in [0.15, 0.2) is 36.4 Å². The molecule has 184 valence electrons. The van der Waals surface area contributed by atoms with Gasteiger partial charge in [-0.2, -0.15) is 0 Å². The molecule has 0 bridgehead atoms. The Morgan fingerprint density at radius 3 is 2.65 bits per heavy atom. The number of rotatable bonds is 12. The lowest BCUT2D eigenvalue weighted by Gasteiger charge is -2.30. The molecule has 2 saturated carbocycles. The molecule has 1 heterocycles. The Morgan fingerprint density at radius 1 is 1.09 bits per heavy atom. The van der Waals surface area contributed by atoms with Crippen LogP contribution in [0.3, 0.4) is 0 Å². The molecule has 0 atom stereocenters. The van der Waals surface area contributed by atoms with Crippen molar-refractivity contribution in [3.05, 3.63) is 42.0 Å². The quantitative estimate of drug-likeness (QED) is 0.505. The van der Waals surface area contributed by atoms with Gasteiger partial charge in [0.1, 0.15) is 5.75 Å². The van der Waals surface area contributed by atoms with Crippen LogP contribution in [-0.2, 0) is 14.3 Å². The first-order valence-corrected chi connectivity index (χ1v) is 13.0. The van der Waals surface area contributed by atoms with Crippen molar-refractivity contribution in [2.45, 2.75) is 50.7 Å². The molecule has 6 heteroatoms. The Kier molecular flexibility index (Phi) is 7.67. The van der Waals surface area contributed by atoms with E-state index in [9.17, 15) is 4.79 Å². The zero-order chi connectivity index (χ0) is 23.3. The number of hydrogen-bond acceptors (Lipinski definition) is 5. The summed E-state index contributed by atoms with van der Waals surface area (Å²) >= 11 is 0. The summed E-state index contributed by atoms with van der Waals surface area (Å²) in [6.07, 6.45) is 6.75. The van der Waals surface area contributed by atoms with Crippen LogP contribution in [-0.4, -0.2) is 63.6 Å². The fraction of sp³-hybridized carbons (Fsp3) is 0.607. The molecule has 0 unspecified atom stereocenters. The molecule has 2 aromatic carbocycles. The molecule has 2 aromatic rings. The third kappa shape index (κ3) is 6.71. The second-order valence-corrected chi connectivity index (χ2v) is 10.4. The number of likely N-dealkylation sites (N-methyl/N-ethyl adjacent to an activating group) is 1. The highest BCUT2D eigenvalue weighted by molar-refractivity contribution is 5.87. The van der Waals surface area contributed by atoms with E-state index in [0.717, 1.165) is 50.1 Å². The van der Waals surface area contributed by atoms with Crippen LogP contribution in [0.4, 0.5) is 0 Å². The summed E-state index contributed by atoms with van der Waals surface area (Å²) < 4.78 is 18.1. The standard InChI is InChI=1S/C28H38N2O4/c1-30(16-27(31)29-15-20-7-8-20)13-3-6-28-33-18-23(19-34-28)25-5-2-4-22-14-24(11-12-26(22)25)32-17-21-9-10-21/h2,4-5,11-12,14,20-21,23,28H,3,6-10,13,15-19H2,1H3,(H,29,31). The van der Waals surface area contributed by atoms with E-state index in [1.807, 2.05) is 7.05 Å². The van der Waals surface area contributed by atoms with Crippen LogP contribution < -0.4 is 10.1 Å². The topological polar surface area (TPSA) is 60.0 Å². The third-order valence-electron chi connectivity index (χ3n) is 7.15. The molecular weight excluding hydrogens is 428 g/mol. The molecule has 0 radical (unpaired) electrons. The fourth-order valence-corrected chi connectivity index (χ4v) is 4.61. The van der Waals surface area contributed by atoms with Crippen LogP contribution >= 0.6 is 0 Å². The van der Waals surface area contributed by atoms with Gasteiger partial charge in [0.25, 0.3) is 0 Å². The first kappa shape index (κ1) is 23.6. The number of carbonyl (C=O) groups excluding carboxylic acids is 1. The first-order chi connectivity index (χ1) is 16.6. The van der Waals surface area contributed by atoms with E-state index >= 15 is 0 Å². The van der Waals surface area contributed by atoms with E-state index in [4.69, 9.17) is 14.2 Å². The summed E-state index contributed by atoms with van der Waals surface area (Å²) in [5.74, 6) is 2.78. The molecule has 3 fully saturated rings. The van der Waals surface area contributed by atoms with Gasteiger partial charge in [-0.05, 0) is 92.4 Å². The maximum atomic E-state index is 12.0. The van der Waals surface area contributed by atoms with Crippen molar-refractivity contribution < 1.29 is 19.0 Å². The molecule has 0 aromatic heterocycles. The van der Waals surface area contributed by atoms with Crippen molar-refractivity contribution in [1.29, 1.82) is 0 Å². The minimum Gasteiger partial charge on any atom is -0.493 e. The number of fused-ring (bicyclic) bond motifs is 1. The van der Waals surface area contributed by atoms with Gasteiger partial charge in [0.15, 0.2) is 6.29 Å². The van der Waals surface area contributed by atoms with Crippen molar-refractivity contribution in [2.75, 3.05) is 46.5 Å². The third-order valence-corrected chi connectivity index (χ3v) is 7.15. The van der Waals surface area contributed by atoms with Gasteiger partial charge in [0.2, 0.25) is 5.91 Å². The largest absolute Gasteiger partial charge is 0.493 e. The van der Waals surface area contributed by atoms with Gasteiger partial charge in [-0.25, -0.2) is 0 Å². The average Bonchev–Trinajstić information content (AvgIpc) is 3.76. The Balaban J connectivity index is 1.05. The molecule has 6 nitrogen and oxygen atoms in total. The van der Waals surface area contributed by atoms with E-state index in [2.05, 4.69) is 46.6 Å². The number of ether oxygens (including phenoxy) is 3. The minimum absolute atomic E-state index is 0.124. The smallest absolute Gasteiger partial charge is 0.234 e. The predicted molar refractivity (Wildman–Crippen MR) is 133 cm³/mol. The van der Waals surface area contributed by atoms with Gasteiger partial charge in [-0.1, -0.05) is 24.3 Å². The summed E-state index contributed by atoms with van der Waals surface area (Å²) in [6.45, 7) is 4.32. The Bertz CT molecular complexity index is 964. The summed E-state index contributed by atoms with van der Waals surface area (Å²) in [5, 5.41) is 5.48. The summed E-state index contributed by atoms with van der Waals surface area (Å²) in [6, 6.07) is 12.9. The highest BCUT2D eigenvalue weighted by atomic mass is 16.7. The lowest BCUT2D eigenvalue weighted by molar-refractivity contribution is -0.190. The van der Waals surface area contributed by atoms with Crippen LogP contribution in [0.25, 0.3) is 10.8 Å². The summed E-state index contributed by atoms with van der Waals surface area (Å²) in [4.78, 5) is 14.1. The maximum absolute atomic E-state index is 12.0. The van der Waals surface area contributed by atoms with Crippen molar-refractivity contribution in [2.24, 2.45) is 11.8 Å². The molecule has 1 amide bonds. The average molecular weight is 467 g/mol. The molecule has 5 rings (SSSR count). The molecular formula is C28H38N2O4. The van der Waals surface area contributed by atoms with E-state index in [0.29, 0.717) is 19.8 Å². The molecule has 1 saturated heterocycles. The van der Waals surface area contributed by atoms with E-state index in [1.165, 1.54) is 42.0 Å². The predicted octanol–water partition coefficient (Wildman–Crippen LogP) is 4.32. The fourth-order valence-electron chi connectivity index (χ4n) is 4.61. The number of amides is 1. The zero-order valence-electron chi connectivity index (χ0n) is 20.3. The van der Waals surface area contributed by atoms with Crippen LogP contribution in [0.5, 0.6) is 5.75 Å². The highest BCUT2D eigenvalue weighted by Gasteiger charge is 2.25. The van der Waals surface area contributed by atoms with Crippen LogP contribution in [0, 0.1) is 11.8 Å². The van der Waals surface area contributed by atoms with Gasteiger partial charge < -0.3 is 19.5 Å². The Hall–Kier alpha value is -2.15. The second kappa shape index (κ2) is 11.1. The molecule has 34 heavy (non-hydrogen) atoms. The lowest BCUT2D eigenvalue weighted by atomic mass is 9.94. The van der Waals surface area contributed by atoms with Gasteiger partial charge in [0, 0.05) is 12.5 Å². The number of nitrogens with one attached hydrogen (secondary N) is 1. The Labute approximate surface area is 202 Å². The van der Waals surface area contributed by atoms with Crippen molar-refractivity contribution in [3.8, 4) is 5.75 Å². The maximum Gasteiger partial charge on any atom is 0.234 e. The molecule has 0 spiro atoms. The monoisotopic (exact) mass is 466 g/mol. The van der Waals surface area contributed by atoms with Gasteiger partial charge in [0.05, 0.1) is 26.4 Å². The number of nitrogens with zero attached hydrogens (tertiary/aromatic N) is 1. The van der Waals surface area contributed by atoms with E-state index in [1.54, 1.807) is 0 Å². The molecule has 1 aliphatic heterocycles. The van der Waals surface area contributed by atoms with Gasteiger partial charge in [-0.3, -0.25) is 9.69 Å². The minimum atomic E-state index is -0.161. The highest BCUT2D eigenvalue weighted by Crippen LogP contribution is 2.33. The Morgan fingerprint density at radius 2 is 1.88 bits per heavy atom.